The minimum absolute atomic E-state index is 0.955. The van der Waals surface area contributed by atoms with Gasteiger partial charge in [0.2, 0.25) is 0 Å². The lowest BCUT2D eigenvalue weighted by Gasteiger charge is -2.22. The van der Waals surface area contributed by atoms with Gasteiger partial charge in [0.05, 0.1) is 0 Å². The molecule has 0 bridgehead atoms. The van der Waals surface area contributed by atoms with E-state index in [1.54, 1.807) is 0 Å². The molecule has 0 aromatic carbocycles. The van der Waals surface area contributed by atoms with Crippen molar-refractivity contribution in [2.45, 2.75) is 32.7 Å². The molecule has 0 radical (unpaired) electrons. The average Bonchev–Trinajstić information content (AvgIpc) is 3.14. The van der Waals surface area contributed by atoms with E-state index in [0.29, 0.717) is 0 Å². The fraction of sp³-hybridized carbons (Fsp3) is 0.643. The van der Waals surface area contributed by atoms with Crippen LogP contribution in [0.4, 0.5) is 5.82 Å². The van der Waals surface area contributed by atoms with Crippen molar-refractivity contribution in [3.05, 3.63) is 23.9 Å². The van der Waals surface area contributed by atoms with Gasteiger partial charge in [0.25, 0.3) is 0 Å². The van der Waals surface area contributed by atoms with Crippen LogP contribution in [-0.4, -0.2) is 30.0 Å². The molecule has 0 spiro atoms. The van der Waals surface area contributed by atoms with Crippen LogP contribution in [0.1, 0.15) is 31.7 Å². The Hall–Kier alpha value is -1.09. The van der Waals surface area contributed by atoms with E-state index >= 15 is 0 Å². The van der Waals surface area contributed by atoms with Gasteiger partial charge in [-0.3, -0.25) is 4.90 Å². The van der Waals surface area contributed by atoms with Crippen molar-refractivity contribution in [2.24, 2.45) is 5.92 Å². The Morgan fingerprint density at radius 3 is 2.94 bits per heavy atom. The lowest BCUT2D eigenvalue weighted by molar-refractivity contribution is 0.255. The summed E-state index contributed by atoms with van der Waals surface area (Å²) in [5.41, 5.74) is 1.31. The number of rotatable bonds is 7. The average molecular weight is 233 g/mol. The van der Waals surface area contributed by atoms with Crippen LogP contribution in [0.2, 0.25) is 0 Å². The van der Waals surface area contributed by atoms with Gasteiger partial charge in [-0.1, -0.05) is 13.0 Å². The number of pyridine rings is 1. The normalized spacial score (nSPS) is 15.2. The molecule has 1 fully saturated rings. The van der Waals surface area contributed by atoms with Crippen molar-refractivity contribution in [3.8, 4) is 0 Å². The van der Waals surface area contributed by atoms with Gasteiger partial charge in [-0.25, -0.2) is 4.98 Å². The topological polar surface area (TPSA) is 28.2 Å². The highest BCUT2D eigenvalue weighted by atomic mass is 15.1. The molecule has 0 atom stereocenters. The Balaban J connectivity index is 1.99. The molecule has 1 aromatic rings. The predicted octanol–water partition coefficient (Wildman–Crippen LogP) is 2.75. The summed E-state index contributed by atoms with van der Waals surface area (Å²) < 4.78 is 0. The zero-order valence-corrected chi connectivity index (χ0v) is 10.9. The first-order valence-corrected chi connectivity index (χ1v) is 6.67. The zero-order chi connectivity index (χ0) is 12.1. The monoisotopic (exact) mass is 233 g/mol. The molecule has 1 heterocycles. The quantitative estimate of drug-likeness (QED) is 0.785. The molecule has 0 unspecified atom stereocenters. The first-order chi connectivity index (χ1) is 8.33. The SMILES string of the molecule is CCCN(Cc1cccnc1NC)CC1CC1. The van der Waals surface area contributed by atoms with E-state index in [2.05, 4.69) is 28.2 Å². The van der Waals surface area contributed by atoms with Gasteiger partial charge >= 0.3 is 0 Å². The number of aromatic nitrogens is 1. The van der Waals surface area contributed by atoms with Gasteiger partial charge in [-0.15, -0.1) is 0 Å². The summed E-state index contributed by atoms with van der Waals surface area (Å²) in [4.78, 5) is 6.93. The molecule has 3 heteroatoms. The molecule has 1 aliphatic carbocycles. The largest absolute Gasteiger partial charge is 0.373 e. The molecule has 1 aliphatic rings. The van der Waals surface area contributed by atoms with E-state index in [9.17, 15) is 0 Å². The van der Waals surface area contributed by atoms with E-state index in [1.165, 1.54) is 37.9 Å². The smallest absolute Gasteiger partial charge is 0.130 e. The maximum Gasteiger partial charge on any atom is 0.130 e. The standard InChI is InChI=1S/C14H23N3/c1-3-9-17(10-12-6-7-12)11-13-5-4-8-16-14(13)15-2/h4-5,8,12H,3,6-7,9-11H2,1-2H3,(H,15,16). The number of nitrogens with zero attached hydrogens (tertiary/aromatic N) is 2. The molecule has 1 aromatic heterocycles. The van der Waals surface area contributed by atoms with Crippen molar-refractivity contribution in [2.75, 3.05) is 25.5 Å². The second kappa shape index (κ2) is 6.01. The highest BCUT2D eigenvalue weighted by molar-refractivity contribution is 5.42. The van der Waals surface area contributed by atoms with E-state index in [-0.39, 0.29) is 0 Å². The second-order valence-corrected chi connectivity index (χ2v) is 4.94. The molecule has 3 nitrogen and oxygen atoms in total. The predicted molar refractivity (Wildman–Crippen MR) is 72.1 cm³/mol. The van der Waals surface area contributed by atoms with Crippen LogP contribution in [-0.2, 0) is 6.54 Å². The number of nitrogens with one attached hydrogen (secondary N) is 1. The first-order valence-electron chi connectivity index (χ1n) is 6.67. The maximum atomic E-state index is 4.37. The number of hydrogen-bond donors (Lipinski definition) is 1. The van der Waals surface area contributed by atoms with Crippen LogP contribution >= 0.6 is 0 Å². The molecular formula is C14H23N3. The maximum absolute atomic E-state index is 4.37. The van der Waals surface area contributed by atoms with Crippen LogP contribution in [0.5, 0.6) is 0 Å². The molecule has 0 amide bonds. The van der Waals surface area contributed by atoms with E-state index in [0.717, 1.165) is 18.3 Å². The zero-order valence-electron chi connectivity index (χ0n) is 10.9. The molecular weight excluding hydrogens is 210 g/mol. The Kier molecular flexibility index (Phi) is 4.37. The number of hydrogen-bond acceptors (Lipinski definition) is 3. The third-order valence-electron chi connectivity index (χ3n) is 3.28. The van der Waals surface area contributed by atoms with Crippen molar-refractivity contribution in [1.82, 2.24) is 9.88 Å². The highest BCUT2D eigenvalue weighted by Crippen LogP contribution is 2.30. The van der Waals surface area contributed by atoms with Gasteiger partial charge in [0.1, 0.15) is 5.82 Å². The number of anilines is 1. The third kappa shape index (κ3) is 3.70. The molecule has 0 saturated heterocycles. The van der Waals surface area contributed by atoms with Crippen molar-refractivity contribution >= 4 is 5.82 Å². The molecule has 1 saturated carbocycles. The van der Waals surface area contributed by atoms with Gasteiger partial charge in [-0.05, 0) is 37.8 Å². The summed E-state index contributed by atoms with van der Waals surface area (Å²) in [5.74, 6) is 1.97. The summed E-state index contributed by atoms with van der Waals surface area (Å²) in [6.45, 7) is 5.72. The Morgan fingerprint density at radius 2 is 2.29 bits per heavy atom. The summed E-state index contributed by atoms with van der Waals surface area (Å²) in [7, 11) is 1.94. The van der Waals surface area contributed by atoms with Crippen molar-refractivity contribution in [1.29, 1.82) is 0 Å². The minimum atomic E-state index is 0.955. The summed E-state index contributed by atoms with van der Waals surface area (Å²) in [6.07, 6.45) is 5.92. The lowest BCUT2D eigenvalue weighted by Crippen LogP contribution is -2.26. The Bertz CT molecular complexity index is 347. The lowest BCUT2D eigenvalue weighted by atomic mass is 10.2. The third-order valence-corrected chi connectivity index (χ3v) is 3.28. The van der Waals surface area contributed by atoms with Crippen LogP contribution < -0.4 is 5.32 Å². The molecule has 2 rings (SSSR count). The van der Waals surface area contributed by atoms with Crippen LogP contribution in [0.25, 0.3) is 0 Å². The van der Waals surface area contributed by atoms with Crippen LogP contribution in [0.3, 0.4) is 0 Å². The first kappa shape index (κ1) is 12.4. The molecule has 1 N–H and O–H groups in total. The second-order valence-electron chi connectivity index (χ2n) is 4.94. The van der Waals surface area contributed by atoms with Gasteiger partial charge in [0, 0.05) is 31.9 Å². The van der Waals surface area contributed by atoms with Gasteiger partial charge < -0.3 is 5.32 Å². The highest BCUT2D eigenvalue weighted by Gasteiger charge is 2.24. The van der Waals surface area contributed by atoms with E-state index < -0.39 is 0 Å². The van der Waals surface area contributed by atoms with Gasteiger partial charge in [-0.2, -0.15) is 0 Å². The Labute approximate surface area is 104 Å². The molecule has 17 heavy (non-hydrogen) atoms. The molecule has 94 valence electrons. The molecule has 0 aliphatic heterocycles. The minimum Gasteiger partial charge on any atom is -0.373 e. The fourth-order valence-corrected chi connectivity index (χ4v) is 2.25. The van der Waals surface area contributed by atoms with E-state index in [4.69, 9.17) is 0 Å². The Morgan fingerprint density at radius 1 is 1.47 bits per heavy atom. The van der Waals surface area contributed by atoms with Crippen LogP contribution in [0, 0.1) is 5.92 Å². The van der Waals surface area contributed by atoms with E-state index in [1.807, 2.05) is 19.3 Å². The summed E-state index contributed by atoms with van der Waals surface area (Å²) >= 11 is 0. The van der Waals surface area contributed by atoms with Crippen LogP contribution in [0.15, 0.2) is 18.3 Å². The van der Waals surface area contributed by atoms with Gasteiger partial charge in [0.15, 0.2) is 0 Å². The fourth-order valence-electron chi connectivity index (χ4n) is 2.25. The summed E-state index contributed by atoms with van der Waals surface area (Å²) in [5, 5.41) is 3.17. The van der Waals surface area contributed by atoms with Crippen molar-refractivity contribution in [3.63, 3.8) is 0 Å². The van der Waals surface area contributed by atoms with Crippen molar-refractivity contribution < 1.29 is 0 Å². The summed E-state index contributed by atoms with van der Waals surface area (Å²) in [6, 6.07) is 4.20.